The molecule has 1 aromatic heterocycles. The lowest BCUT2D eigenvalue weighted by atomic mass is 10.2. The highest BCUT2D eigenvalue weighted by Gasteiger charge is 2.33. The number of hydrogen-bond acceptors (Lipinski definition) is 7. The van der Waals surface area contributed by atoms with Crippen molar-refractivity contribution in [2.24, 2.45) is 0 Å². The van der Waals surface area contributed by atoms with Gasteiger partial charge in [-0.1, -0.05) is 12.1 Å². The standard InChI is InChI=1S/C18H22N2O4Si.O2Si/c1-22-25(21,23-2)13-5-12-24-15-10-8-14(9-11-15)18-19-16-6-3-4-7-17(16)20-18;1-3-2/h3-4,6-11,21H,5,12-13H2,1-2H3,(H,19,20);. The normalized spacial score (nSPS) is 10.8. The molecule has 28 heavy (non-hydrogen) atoms. The van der Waals surface area contributed by atoms with E-state index in [1.165, 1.54) is 14.2 Å². The average Bonchev–Trinajstić information content (AvgIpc) is 3.16. The monoisotopic (exact) mass is 418 g/mol. The van der Waals surface area contributed by atoms with Gasteiger partial charge in [0.2, 0.25) is 0 Å². The summed E-state index contributed by atoms with van der Waals surface area (Å²) >= 11 is 0. The minimum Gasteiger partial charge on any atom is -0.494 e. The lowest BCUT2D eigenvalue weighted by molar-refractivity contribution is 0.148. The zero-order valence-electron chi connectivity index (χ0n) is 15.7. The smallest absolute Gasteiger partial charge is 0.494 e. The highest BCUT2D eigenvalue weighted by atomic mass is 28.4. The molecule has 8 nitrogen and oxygen atoms in total. The second-order valence-electron chi connectivity index (χ2n) is 5.78. The van der Waals surface area contributed by atoms with E-state index >= 15 is 0 Å². The Hall–Kier alpha value is -2.38. The number of rotatable bonds is 8. The minimum absolute atomic E-state index is 0.469. The van der Waals surface area contributed by atoms with Gasteiger partial charge in [0.05, 0.1) is 17.6 Å². The summed E-state index contributed by atoms with van der Waals surface area (Å²) in [5, 5.41) is 0. The van der Waals surface area contributed by atoms with Gasteiger partial charge in [0.1, 0.15) is 11.6 Å². The fraction of sp³-hybridized carbons (Fsp3) is 0.278. The molecule has 0 atom stereocenters. The maximum absolute atomic E-state index is 9.98. The fourth-order valence-corrected chi connectivity index (χ4v) is 3.74. The van der Waals surface area contributed by atoms with Crippen molar-refractivity contribution < 1.29 is 27.3 Å². The third-order valence-electron chi connectivity index (χ3n) is 4.06. The summed E-state index contributed by atoms with van der Waals surface area (Å²) in [6, 6.07) is 16.2. The molecule has 3 rings (SSSR count). The Kier molecular flexibility index (Phi) is 8.48. The van der Waals surface area contributed by atoms with Crippen molar-refractivity contribution in [3.8, 4) is 17.1 Å². The highest BCUT2D eigenvalue weighted by molar-refractivity contribution is 6.59. The van der Waals surface area contributed by atoms with Gasteiger partial charge in [-0.25, -0.2) is 4.98 Å². The number of ether oxygens (including phenoxy) is 1. The Morgan fingerprint density at radius 2 is 1.71 bits per heavy atom. The Morgan fingerprint density at radius 1 is 1.07 bits per heavy atom. The SMILES string of the molecule is CO[Si](O)(CCCOc1ccc(-c2nc3ccccc3[nH]2)cc1)OC.O=[Si]=O. The number of aromatic amines is 1. The van der Waals surface area contributed by atoms with E-state index in [0.717, 1.165) is 28.2 Å². The second kappa shape index (κ2) is 10.8. The van der Waals surface area contributed by atoms with E-state index in [0.29, 0.717) is 19.1 Å². The van der Waals surface area contributed by atoms with Crippen LogP contribution < -0.4 is 4.74 Å². The van der Waals surface area contributed by atoms with E-state index < -0.39 is 18.1 Å². The molecule has 0 amide bonds. The number of nitrogens with zero attached hydrogens (tertiary/aromatic N) is 1. The van der Waals surface area contributed by atoms with Crippen LogP contribution in [-0.4, -0.2) is 53.7 Å². The van der Waals surface area contributed by atoms with Crippen molar-refractivity contribution in [2.45, 2.75) is 12.5 Å². The summed E-state index contributed by atoms with van der Waals surface area (Å²) in [4.78, 5) is 17.9. The molecule has 148 valence electrons. The summed E-state index contributed by atoms with van der Waals surface area (Å²) in [5.74, 6) is 1.61. The first-order valence-electron chi connectivity index (χ1n) is 8.55. The molecule has 2 N–H and O–H groups in total. The number of nitrogens with one attached hydrogen (secondary N) is 1. The van der Waals surface area contributed by atoms with Crippen LogP contribution in [0.3, 0.4) is 0 Å². The van der Waals surface area contributed by atoms with E-state index in [1.54, 1.807) is 0 Å². The first kappa shape index (κ1) is 21.9. The Balaban J connectivity index is 0.000000878. The molecule has 1 heterocycles. The van der Waals surface area contributed by atoms with Crippen molar-refractivity contribution in [3.63, 3.8) is 0 Å². The van der Waals surface area contributed by atoms with Crippen molar-refractivity contribution in [2.75, 3.05) is 20.8 Å². The van der Waals surface area contributed by atoms with Gasteiger partial charge in [-0.05, 0) is 42.8 Å². The van der Waals surface area contributed by atoms with Crippen LogP contribution in [0.2, 0.25) is 6.04 Å². The fourth-order valence-electron chi connectivity index (χ4n) is 2.57. The Morgan fingerprint density at radius 3 is 2.32 bits per heavy atom. The molecule has 0 unspecified atom stereocenters. The van der Waals surface area contributed by atoms with Crippen molar-refractivity contribution in [1.82, 2.24) is 9.97 Å². The van der Waals surface area contributed by atoms with Gasteiger partial charge in [-0.3, -0.25) is 8.92 Å². The van der Waals surface area contributed by atoms with Crippen LogP contribution in [0, 0.1) is 0 Å². The van der Waals surface area contributed by atoms with Gasteiger partial charge in [0.25, 0.3) is 0 Å². The number of benzene rings is 2. The molecule has 0 aliphatic carbocycles. The molecular formula is C18H22N2O6Si2. The van der Waals surface area contributed by atoms with Crippen molar-refractivity contribution >= 4 is 29.1 Å². The van der Waals surface area contributed by atoms with Crippen LogP contribution in [0.25, 0.3) is 22.4 Å². The minimum atomic E-state index is -3.00. The quantitative estimate of drug-likeness (QED) is 0.427. The van der Waals surface area contributed by atoms with Crippen LogP contribution in [0.5, 0.6) is 5.75 Å². The third-order valence-corrected chi connectivity index (χ3v) is 6.32. The summed E-state index contributed by atoms with van der Waals surface area (Å²) in [6.07, 6.45) is 0.662. The molecule has 0 spiro atoms. The summed E-state index contributed by atoms with van der Waals surface area (Å²) in [6.45, 7) is 0.492. The van der Waals surface area contributed by atoms with Gasteiger partial charge in [0.15, 0.2) is 0 Å². The maximum Gasteiger partial charge on any atom is 0.549 e. The van der Waals surface area contributed by atoms with E-state index in [-0.39, 0.29) is 0 Å². The first-order chi connectivity index (χ1) is 13.5. The molecule has 0 fully saturated rings. The average molecular weight is 419 g/mol. The number of para-hydroxylation sites is 2. The molecule has 0 saturated carbocycles. The summed E-state index contributed by atoms with van der Waals surface area (Å²) in [5.41, 5.74) is 2.97. The largest absolute Gasteiger partial charge is 0.549 e. The second-order valence-corrected chi connectivity index (χ2v) is 8.69. The lowest BCUT2D eigenvalue weighted by Crippen LogP contribution is -2.40. The van der Waals surface area contributed by atoms with Gasteiger partial charge < -0.3 is 23.4 Å². The van der Waals surface area contributed by atoms with Gasteiger partial charge in [-0.15, -0.1) is 0 Å². The molecule has 10 heteroatoms. The van der Waals surface area contributed by atoms with Gasteiger partial charge in [-0.2, -0.15) is 0 Å². The zero-order valence-corrected chi connectivity index (χ0v) is 17.7. The van der Waals surface area contributed by atoms with Crippen LogP contribution in [0.4, 0.5) is 0 Å². The molecule has 0 saturated heterocycles. The molecule has 0 radical (unpaired) electrons. The lowest BCUT2D eigenvalue weighted by Gasteiger charge is -2.19. The molecule has 3 aromatic rings. The molecule has 0 bridgehead atoms. The number of aromatic nitrogens is 2. The van der Waals surface area contributed by atoms with E-state index in [9.17, 15) is 4.80 Å². The predicted molar refractivity (Wildman–Crippen MR) is 106 cm³/mol. The highest BCUT2D eigenvalue weighted by Crippen LogP contribution is 2.23. The topological polar surface area (TPSA) is 111 Å². The molecule has 0 aliphatic rings. The maximum atomic E-state index is 9.98. The molecular weight excluding hydrogens is 396 g/mol. The predicted octanol–water partition coefficient (Wildman–Crippen LogP) is 2.60. The summed E-state index contributed by atoms with van der Waals surface area (Å²) in [7, 11) is -1.48. The van der Waals surface area contributed by atoms with Crippen LogP contribution in [0.1, 0.15) is 6.42 Å². The zero-order chi connectivity index (χ0) is 20.4. The van der Waals surface area contributed by atoms with Gasteiger partial charge in [0, 0.05) is 25.8 Å². The Labute approximate surface area is 165 Å². The third kappa shape index (κ3) is 6.07. The summed E-state index contributed by atoms with van der Waals surface area (Å²) < 4.78 is 32.6. The van der Waals surface area contributed by atoms with E-state index in [4.69, 9.17) is 22.5 Å². The van der Waals surface area contributed by atoms with Gasteiger partial charge >= 0.3 is 18.1 Å². The number of fused-ring (bicyclic) bond motifs is 1. The van der Waals surface area contributed by atoms with Crippen LogP contribution in [0.15, 0.2) is 48.5 Å². The van der Waals surface area contributed by atoms with Crippen molar-refractivity contribution in [1.29, 1.82) is 0 Å². The number of H-pyrrole nitrogens is 1. The van der Waals surface area contributed by atoms with Crippen LogP contribution in [-0.2, 0) is 17.8 Å². The number of imidazole rings is 1. The first-order valence-corrected chi connectivity index (χ1v) is 11.3. The molecule has 2 aromatic carbocycles. The van der Waals surface area contributed by atoms with E-state index in [1.807, 2.05) is 48.5 Å². The Bertz CT molecular complexity index is 873. The molecule has 0 aliphatic heterocycles. The van der Waals surface area contributed by atoms with Crippen molar-refractivity contribution in [3.05, 3.63) is 48.5 Å². The van der Waals surface area contributed by atoms with Crippen LogP contribution >= 0.6 is 0 Å². The van der Waals surface area contributed by atoms with E-state index in [2.05, 4.69) is 9.97 Å². The number of hydrogen-bond donors (Lipinski definition) is 2.